The predicted molar refractivity (Wildman–Crippen MR) is 89.9 cm³/mol. The van der Waals surface area contributed by atoms with Crippen LogP contribution in [0.2, 0.25) is 5.15 Å². The summed E-state index contributed by atoms with van der Waals surface area (Å²) in [5, 5.41) is 3.73. The number of esters is 1. The number of rotatable bonds is 4. The maximum atomic E-state index is 12.0. The summed E-state index contributed by atoms with van der Waals surface area (Å²) in [5.74, 6) is -0.581. The van der Waals surface area contributed by atoms with Crippen molar-refractivity contribution in [2.45, 2.75) is 39.0 Å². The molecule has 0 aliphatic heterocycles. The average molecular weight is 354 g/mol. The molecule has 0 aliphatic carbocycles. The van der Waals surface area contributed by atoms with E-state index in [0.717, 1.165) is 5.39 Å². The van der Waals surface area contributed by atoms with Gasteiger partial charge in [0.15, 0.2) is 5.15 Å². The number of halogens is 1. The largest absolute Gasteiger partial charge is 0.467 e. The highest BCUT2D eigenvalue weighted by molar-refractivity contribution is 6.33. The molecule has 1 amide bonds. The molecule has 7 nitrogen and oxygen atoms in total. The topological polar surface area (TPSA) is 82.5 Å². The summed E-state index contributed by atoms with van der Waals surface area (Å²) < 4.78 is 11.7. The van der Waals surface area contributed by atoms with Gasteiger partial charge in [-0.2, -0.15) is 0 Å². The van der Waals surface area contributed by atoms with Crippen LogP contribution in [0.3, 0.4) is 0 Å². The Labute approximate surface area is 144 Å². The van der Waals surface area contributed by atoms with E-state index in [1.165, 1.54) is 7.11 Å². The maximum Gasteiger partial charge on any atom is 0.408 e. The summed E-state index contributed by atoms with van der Waals surface area (Å²) in [7, 11) is 1.26. The van der Waals surface area contributed by atoms with Crippen LogP contribution < -0.4 is 5.32 Å². The van der Waals surface area contributed by atoms with E-state index in [-0.39, 0.29) is 6.54 Å². The molecule has 0 spiro atoms. The molecule has 0 aromatic carbocycles. The van der Waals surface area contributed by atoms with Crippen molar-refractivity contribution in [1.82, 2.24) is 14.9 Å². The summed E-state index contributed by atoms with van der Waals surface area (Å²) >= 11 is 6.13. The highest BCUT2D eigenvalue weighted by Crippen LogP contribution is 2.22. The van der Waals surface area contributed by atoms with Crippen LogP contribution in [0, 0.1) is 0 Å². The molecular formula is C16H20ClN3O4. The van der Waals surface area contributed by atoms with Crippen LogP contribution in [0.1, 0.15) is 20.8 Å². The SMILES string of the molecule is COC(=O)C(Cn1ccc2ccnc(Cl)c21)NC(=O)OC(C)(C)C. The number of carbonyl (C=O) groups excluding carboxylic acids is 2. The lowest BCUT2D eigenvalue weighted by Gasteiger charge is -2.23. The quantitative estimate of drug-likeness (QED) is 0.675. The third-order valence-electron chi connectivity index (χ3n) is 3.19. The number of ether oxygens (including phenoxy) is 2. The van der Waals surface area contributed by atoms with Gasteiger partial charge >= 0.3 is 12.1 Å². The van der Waals surface area contributed by atoms with Gasteiger partial charge in [-0.15, -0.1) is 0 Å². The van der Waals surface area contributed by atoms with Gasteiger partial charge in [0.2, 0.25) is 0 Å². The molecule has 130 valence electrons. The predicted octanol–water partition coefficient (Wildman–Crippen LogP) is 2.76. The molecule has 2 aromatic rings. The van der Waals surface area contributed by atoms with Gasteiger partial charge in [-0.1, -0.05) is 11.6 Å². The van der Waals surface area contributed by atoms with E-state index in [2.05, 4.69) is 10.3 Å². The first-order valence-electron chi connectivity index (χ1n) is 7.38. The van der Waals surface area contributed by atoms with Crippen molar-refractivity contribution in [3.05, 3.63) is 29.7 Å². The molecule has 0 fully saturated rings. The number of nitrogens with one attached hydrogen (secondary N) is 1. The Morgan fingerprint density at radius 3 is 2.71 bits per heavy atom. The second kappa shape index (κ2) is 7.09. The number of methoxy groups -OCH3 is 1. The lowest BCUT2D eigenvalue weighted by Crippen LogP contribution is -2.46. The zero-order valence-corrected chi connectivity index (χ0v) is 14.8. The minimum atomic E-state index is -0.920. The van der Waals surface area contributed by atoms with Crippen molar-refractivity contribution in [1.29, 1.82) is 0 Å². The molecule has 1 unspecified atom stereocenters. The molecule has 0 saturated carbocycles. The molecule has 0 aliphatic rings. The van der Waals surface area contributed by atoms with E-state index in [0.29, 0.717) is 10.7 Å². The first-order chi connectivity index (χ1) is 11.2. The molecule has 2 heterocycles. The van der Waals surface area contributed by atoms with Crippen molar-refractivity contribution in [2.24, 2.45) is 0 Å². The lowest BCUT2D eigenvalue weighted by molar-refractivity contribution is -0.143. The van der Waals surface area contributed by atoms with Crippen LogP contribution in [-0.4, -0.2) is 40.4 Å². The summed E-state index contributed by atoms with van der Waals surface area (Å²) in [6, 6.07) is 2.74. The summed E-state index contributed by atoms with van der Waals surface area (Å²) in [5.41, 5.74) is 0.0112. The molecule has 0 radical (unpaired) electrons. The van der Waals surface area contributed by atoms with Crippen molar-refractivity contribution in [3.8, 4) is 0 Å². The number of pyridine rings is 1. The van der Waals surface area contributed by atoms with Gasteiger partial charge in [-0.05, 0) is 32.9 Å². The molecule has 8 heteroatoms. The molecule has 1 N–H and O–H groups in total. The number of hydrogen-bond donors (Lipinski definition) is 1. The first kappa shape index (κ1) is 18.1. The Bertz CT molecular complexity index is 751. The van der Waals surface area contributed by atoms with Crippen molar-refractivity contribution in [2.75, 3.05) is 7.11 Å². The summed E-state index contributed by atoms with van der Waals surface area (Å²) in [4.78, 5) is 28.0. The zero-order valence-electron chi connectivity index (χ0n) is 14.0. The van der Waals surface area contributed by atoms with Crippen LogP contribution in [0.15, 0.2) is 24.5 Å². The highest BCUT2D eigenvalue weighted by Gasteiger charge is 2.26. The van der Waals surface area contributed by atoms with E-state index in [1.54, 1.807) is 37.7 Å². The van der Waals surface area contributed by atoms with E-state index in [9.17, 15) is 9.59 Å². The van der Waals surface area contributed by atoms with E-state index in [4.69, 9.17) is 21.1 Å². The fourth-order valence-corrected chi connectivity index (χ4v) is 2.50. The molecule has 0 bridgehead atoms. The maximum absolute atomic E-state index is 12.0. The van der Waals surface area contributed by atoms with E-state index < -0.39 is 23.7 Å². The Morgan fingerprint density at radius 2 is 2.08 bits per heavy atom. The highest BCUT2D eigenvalue weighted by atomic mass is 35.5. The zero-order chi connectivity index (χ0) is 17.9. The van der Waals surface area contributed by atoms with Crippen LogP contribution in [-0.2, 0) is 20.8 Å². The molecular weight excluding hydrogens is 334 g/mol. The second-order valence-corrected chi connectivity index (χ2v) is 6.59. The average Bonchev–Trinajstić information content (AvgIpc) is 2.88. The second-order valence-electron chi connectivity index (χ2n) is 6.23. The molecule has 1 atom stereocenters. The van der Waals surface area contributed by atoms with Crippen LogP contribution in [0.5, 0.6) is 0 Å². The van der Waals surface area contributed by atoms with Gasteiger partial charge in [0.1, 0.15) is 11.6 Å². The standard InChI is InChI=1S/C16H20ClN3O4/c1-16(2,3)24-15(22)19-11(14(21)23-4)9-20-8-6-10-5-7-18-13(17)12(10)20/h5-8,11H,9H2,1-4H3,(H,19,22). The molecule has 0 saturated heterocycles. The van der Waals surface area contributed by atoms with Gasteiger partial charge in [-0.25, -0.2) is 14.6 Å². The number of alkyl carbamates (subject to hydrolysis) is 1. The first-order valence-corrected chi connectivity index (χ1v) is 7.76. The van der Waals surface area contributed by atoms with Crippen LogP contribution >= 0.6 is 11.6 Å². The number of hydrogen-bond acceptors (Lipinski definition) is 5. The lowest BCUT2D eigenvalue weighted by atomic mass is 10.2. The number of fused-ring (bicyclic) bond motifs is 1. The Balaban J connectivity index is 2.22. The number of carbonyl (C=O) groups is 2. The van der Waals surface area contributed by atoms with Crippen molar-refractivity contribution in [3.63, 3.8) is 0 Å². The monoisotopic (exact) mass is 353 g/mol. The van der Waals surface area contributed by atoms with Gasteiger partial charge in [0.25, 0.3) is 0 Å². The fourth-order valence-electron chi connectivity index (χ4n) is 2.23. The number of nitrogens with zero attached hydrogens (tertiary/aromatic N) is 2. The van der Waals surface area contributed by atoms with E-state index in [1.807, 2.05) is 12.1 Å². The third-order valence-corrected chi connectivity index (χ3v) is 3.46. The Kier molecular flexibility index (Phi) is 5.33. The third kappa shape index (κ3) is 4.38. The smallest absolute Gasteiger partial charge is 0.408 e. The van der Waals surface area contributed by atoms with Crippen LogP contribution in [0.25, 0.3) is 10.9 Å². The molecule has 24 heavy (non-hydrogen) atoms. The normalized spacial score (nSPS) is 12.7. The van der Waals surface area contributed by atoms with Gasteiger partial charge in [0, 0.05) is 17.8 Å². The molecule has 2 rings (SSSR count). The number of amides is 1. The minimum Gasteiger partial charge on any atom is -0.467 e. The van der Waals surface area contributed by atoms with Crippen molar-refractivity contribution >= 4 is 34.6 Å². The number of aromatic nitrogens is 2. The van der Waals surface area contributed by atoms with E-state index >= 15 is 0 Å². The van der Waals surface area contributed by atoms with Crippen LogP contribution in [0.4, 0.5) is 4.79 Å². The Morgan fingerprint density at radius 1 is 1.38 bits per heavy atom. The fraction of sp³-hybridized carbons (Fsp3) is 0.438. The van der Waals surface area contributed by atoms with Gasteiger partial charge in [0.05, 0.1) is 19.2 Å². The summed E-state index contributed by atoms with van der Waals surface area (Å²) in [6.07, 6.45) is 2.68. The van der Waals surface area contributed by atoms with Gasteiger partial charge in [-0.3, -0.25) is 0 Å². The summed E-state index contributed by atoms with van der Waals surface area (Å²) in [6.45, 7) is 5.36. The molecule has 2 aromatic heterocycles. The van der Waals surface area contributed by atoms with Crippen molar-refractivity contribution < 1.29 is 19.1 Å². The minimum absolute atomic E-state index is 0.140. The van der Waals surface area contributed by atoms with Gasteiger partial charge < -0.3 is 19.4 Å². The Hall–Kier alpha value is -2.28.